The highest BCUT2D eigenvalue weighted by Gasteiger charge is 2.31. The highest BCUT2D eigenvalue weighted by Crippen LogP contribution is 2.32. The van der Waals surface area contributed by atoms with Crippen LogP contribution < -0.4 is 10.6 Å². The number of nitrogens with one attached hydrogen (secondary N) is 2. The maximum absolute atomic E-state index is 11.8. The van der Waals surface area contributed by atoms with Crippen molar-refractivity contribution in [2.45, 2.75) is 32.7 Å². The molecule has 1 fully saturated rings. The van der Waals surface area contributed by atoms with Crippen molar-refractivity contribution in [1.82, 2.24) is 15.2 Å². The van der Waals surface area contributed by atoms with Gasteiger partial charge in [0.25, 0.3) is 0 Å². The van der Waals surface area contributed by atoms with Crippen LogP contribution in [0.2, 0.25) is 0 Å². The molecular weight excluding hydrogens is 276 g/mol. The van der Waals surface area contributed by atoms with Gasteiger partial charge in [-0.2, -0.15) is 0 Å². The highest BCUT2D eigenvalue weighted by atomic mass is 32.1. The standard InChI is InChI=1S/C13H18N4O2S/c1-2-14-13(19)17-6-5-9-10(7-17)20-12(15-9)16-11(18)8-3-4-8/h8H,2-7H2,1H3,(H,14,19)(H,15,16,18). The maximum Gasteiger partial charge on any atom is 0.317 e. The van der Waals surface area contributed by atoms with Gasteiger partial charge in [0.15, 0.2) is 5.13 Å². The summed E-state index contributed by atoms with van der Waals surface area (Å²) in [5.41, 5.74) is 1.02. The van der Waals surface area contributed by atoms with Crippen LogP contribution in [0.15, 0.2) is 0 Å². The lowest BCUT2D eigenvalue weighted by atomic mass is 10.2. The van der Waals surface area contributed by atoms with Crippen molar-refractivity contribution in [2.24, 2.45) is 5.92 Å². The predicted octanol–water partition coefficient (Wildman–Crippen LogP) is 1.58. The van der Waals surface area contributed by atoms with Crippen molar-refractivity contribution < 1.29 is 9.59 Å². The molecule has 1 aromatic heterocycles. The van der Waals surface area contributed by atoms with Crippen LogP contribution in [0, 0.1) is 5.92 Å². The summed E-state index contributed by atoms with van der Waals surface area (Å²) in [4.78, 5) is 30.9. The van der Waals surface area contributed by atoms with Crippen molar-refractivity contribution in [3.05, 3.63) is 10.6 Å². The SMILES string of the molecule is CCNC(=O)N1CCc2nc(NC(=O)C3CC3)sc2C1. The maximum atomic E-state index is 11.8. The molecule has 6 nitrogen and oxygen atoms in total. The Morgan fingerprint density at radius 3 is 2.95 bits per heavy atom. The van der Waals surface area contributed by atoms with Crippen LogP contribution in [-0.4, -0.2) is 34.9 Å². The van der Waals surface area contributed by atoms with Crippen molar-refractivity contribution in [1.29, 1.82) is 0 Å². The average molecular weight is 294 g/mol. The van der Waals surface area contributed by atoms with Gasteiger partial charge < -0.3 is 15.5 Å². The number of urea groups is 1. The van der Waals surface area contributed by atoms with Crippen molar-refractivity contribution >= 4 is 28.4 Å². The minimum absolute atomic E-state index is 0.0323. The van der Waals surface area contributed by atoms with E-state index in [4.69, 9.17) is 0 Å². The second-order valence-corrected chi connectivity index (χ2v) is 6.24. The van der Waals surface area contributed by atoms with E-state index in [-0.39, 0.29) is 17.9 Å². The molecule has 3 rings (SSSR count). The molecule has 2 N–H and O–H groups in total. The first-order chi connectivity index (χ1) is 9.67. The predicted molar refractivity (Wildman–Crippen MR) is 76.7 cm³/mol. The normalized spacial score (nSPS) is 17.6. The number of aromatic nitrogens is 1. The van der Waals surface area contributed by atoms with Gasteiger partial charge in [-0.3, -0.25) is 4.79 Å². The number of hydrogen-bond acceptors (Lipinski definition) is 4. The Hall–Kier alpha value is -1.63. The summed E-state index contributed by atoms with van der Waals surface area (Å²) in [6.45, 7) is 3.80. The van der Waals surface area contributed by atoms with Gasteiger partial charge >= 0.3 is 6.03 Å². The minimum Gasteiger partial charge on any atom is -0.338 e. The smallest absolute Gasteiger partial charge is 0.317 e. The molecule has 0 bridgehead atoms. The Kier molecular flexibility index (Phi) is 3.60. The highest BCUT2D eigenvalue weighted by molar-refractivity contribution is 7.15. The quantitative estimate of drug-likeness (QED) is 0.889. The van der Waals surface area contributed by atoms with E-state index in [1.807, 2.05) is 6.92 Å². The second kappa shape index (κ2) is 5.40. The van der Waals surface area contributed by atoms with Crippen molar-refractivity contribution in [3.8, 4) is 0 Å². The molecular formula is C13H18N4O2S. The van der Waals surface area contributed by atoms with Gasteiger partial charge in [-0.05, 0) is 19.8 Å². The van der Waals surface area contributed by atoms with Crippen LogP contribution in [0.1, 0.15) is 30.3 Å². The number of carbonyl (C=O) groups is 2. The first-order valence-electron chi connectivity index (χ1n) is 6.99. The number of rotatable bonds is 3. The molecule has 2 heterocycles. The van der Waals surface area contributed by atoms with Gasteiger partial charge in [0.1, 0.15) is 0 Å². The molecule has 0 atom stereocenters. The van der Waals surface area contributed by atoms with Crippen LogP contribution in [0.5, 0.6) is 0 Å². The first kappa shape index (κ1) is 13.4. The van der Waals surface area contributed by atoms with E-state index in [0.29, 0.717) is 24.8 Å². The molecule has 1 aromatic rings. The van der Waals surface area contributed by atoms with Crippen LogP contribution in [0.3, 0.4) is 0 Å². The van der Waals surface area contributed by atoms with Crippen LogP contribution in [0.25, 0.3) is 0 Å². The number of anilines is 1. The summed E-state index contributed by atoms with van der Waals surface area (Å²) in [6, 6.07) is -0.0323. The van der Waals surface area contributed by atoms with Crippen LogP contribution in [0.4, 0.5) is 9.93 Å². The molecule has 0 aromatic carbocycles. The summed E-state index contributed by atoms with van der Waals surface area (Å²) in [5, 5.41) is 6.36. The molecule has 1 saturated carbocycles. The second-order valence-electron chi connectivity index (χ2n) is 5.16. The fourth-order valence-corrected chi connectivity index (χ4v) is 3.27. The van der Waals surface area contributed by atoms with E-state index in [0.717, 1.165) is 29.8 Å². The third kappa shape index (κ3) is 2.77. The van der Waals surface area contributed by atoms with Crippen molar-refractivity contribution in [3.63, 3.8) is 0 Å². The Morgan fingerprint density at radius 2 is 2.25 bits per heavy atom. The zero-order valence-electron chi connectivity index (χ0n) is 11.4. The summed E-state index contributed by atoms with van der Waals surface area (Å²) >= 11 is 1.48. The molecule has 20 heavy (non-hydrogen) atoms. The summed E-state index contributed by atoms with van der Waals surface area (Å²) in [6.07, 6.45) is 2.73. The zero-order valence-corrected chi connectivity index (χ0v) is 12.3. The number of thiazole rings is 1. The molecule has 1 aliphatic carbocycles. The lowest BCUT2D eigenvalue weighted by Crippen LogP contribution is -2.42. The molecule has 1 aliphatic heterocycles. The first-order valence-corrected chi connectivity index (χ1v) is 7.81. The number of fused-ring (bicyclic) bond motifs is 1. The van der Waals surface area contributed by atoms with E-state index in [9.17, 15) is 9.59 Å². The fraction of sp³-hybridized carbons (Fsp3) is 0.615. The lowest BCUT2D eigenvalue weighted by Gasteiger charge is -2.25. The molecule has 0 unspecified atom stereocenters. The lowest BCUT2D eigenvalue weighted by molar-refractivity contribution is -0.117. The van der Waals surface area contributed by atoms with Gasteiger partial charge in [-0.25, -0.2) is 9.78 Å². The zero-order chi connectivity index (χ0) is 14.1. The third-order valence-corrected chi connectivity index (χ3v) is 4.52. The van der Waals surface area contributed by atoms with Gasteiger partial charge in [0, 0.05) is 30.3 Å². The van der Waals surface area contributed by atoms with E-state index >= 15 is 0 Å². The fourth-order valence-electron chi connectivity index (χ4n) is 2.24. The molecule has 0 radical (unpaired) electrons. The Labute approximate surface area is 121 Å². The number of hydrogen-bond donors (Lipinski definition) is 2. The molecule has 3 amide bonds. The number of nitrogens with zero attached hydrogens (tertiary/aromatic N) is 2. The summed E-state index contributed by atoms with van der Waals surface area (Å²) in [7, 11) is 0. The molecule has 108 valence electrons. The minimum atomic E-state index is -0.0323. The third-order valence-electron chi connectivity index (χ3n) is 3.52. The summed E-state index contributed by atoms with van der Waals surface area (Å²) in [5.74, 6) is 0.263. The van der Waals surface area contributed by atoms with Gasteiger partial charge in [-0.1, -0.05) is 11.3 Å². The van der Waals surface area contributed by atoms with Crippen LogP contribution >= 0.6 is 11.3 Å². The Bertz CT molecular complexity index is 538. The van der Waals surface area contributed by atoms with E-state index < -0.39 is 0 Å². The van der Waals surface area contributed by atoms with Gasteiger partial charge in [-0.15, -0.1) is 0 Å². The topological polar surface area (TPSA) is 74.3 Å². The summed E-state index contributed by atoms with van der Waals surface area (Å²) < 4.78 is 0. The average Bonchev–Trinajstić information content (AvgIpc) is 3.19. The van der Waals surface area contributed by atoms with Gasteiger partial charge in [0.05, 0.1) is 12.2 Å². The van der Waals surface area contributed by atoms with Crippen molar-refractivity contribution in [2.75, 3.05) is 18.4 Å². The number of carbonyl (C=O) groups excluding carboxylic acids is 2. The van der Waals surface area contributed by atoms with E-state index in [1.54, 1.807) is 4.90 Å². The molecule has 7 heteroatoms. The van der Waals surface area contributed by atoms with Crippen LogP contribution in [-0.2, 0) is 17.8 Å². The van der Waals surface area contributed by atoms with Gasteiger partial charge in [0.2, 0.25) is 5.91 Å². The Morgan fingerprint density at radius 1 is 1.45 bits per heavy atom. The number of amides is 3. The van der Waals surface area contributed by atoms with E-state index in [1.165, 1.54) is 11.3 Å². The largest absolute Gasteiger partial charge is 0.338 e. The molecule has 2 aliphatic rings. The molecule has 0 spiro atoms. The Balaban J connectivity index is 1.65. The van der Waals surface area contributed by atoms with E-state index in [2.05, 4.69) is 15.6 Å². The molecule has 0 saturated heterocycles. The monoisotopic (exact) mass is 294 g/mol.